The second-order valence-electron chi connectivity index (χ2n) is 5.82. The van der Waals surface area contributed by atoms with Crippen molar-refractivity contribution in [2.75, 3.05) is 0 Å². The van der Waals surface area contributed by atoms with Crippen LogP contribution >= 0.6 is 0 Å². The zero-order valence-corrected chi connectivity index (χ0v) is 13.4. The Morgan fingerprint density at radius 2 is 1.46 bits per heavy atom. The van der Waals surface area contributed by atoms with Gasteiger partial charge >= 0.3 is 0 Å². The number of para-hydroxylation sites is 1. The highest BCUT2D eigenvalue weighted by Crippen LogP contribution is 2.30. The van der Waals surface area contributed by atoms with Gasteiger partial charge in [0.15, 0.2) is 0 Å². The number of aryl methyl sites for hydroxylation is 1. The quantitative estimate of drug-likeness (QED) is 0.463. The van der Waals surface area contributed by atoms with Gasteiger partial charge < -0.3 is 4.74 Å². The van der Waals surface area contributed by atoms with Gasteiger partial charge in [-0.1, -0.05) is 54.6 Å². The molecule has 2 nitrogen and oxygen atoms in total. The van der Waals surface area contributed by atoms with E-state index >= 15 is 0 Å². The summed E-state index contributed by atoms with van der Waals surface area (Å²) in [6, 6.07) is 26.5. The smallest absolute Gasteiger partial charge is 0.219 e. The molecule has 0 aliphatic carbocycles. The number of benzene rings is 3. The molecule has 24 heavy (non-hydrogen) atoms. The molecule has 1 aromatic heterocycles. The fourth-order valence-electron chi connectivity index (χ4n) is 2.88. The van der Waals surface area contributed by atoms with E-state index in [-0.39, 0.29) is 0 Å². The van der Waals surface area contributed by atoms with Crippen LogP contribution in [0.25, 0.3) is 21.9 Å². The molecular weight excluding hydrogens is 294 g/mol. The van der Waals surface area contributed by atoms with Gasteiger partial charge in [0.25, 0.3) is 0 Å². The third-order valence-electron chi connectivity index (χ3n) is 4.09. The van der Waals surface area contributed by atoms with E-state index in [4.69, 9.17) is 4.74 Å². The van der Waals surface area contributed by atoms with Crippen LogP contribution in [0.15, 0.2) is 85.1 Å². The molecule has 3 aromatic carbocycles. The van der Waals surface area contributed by atoms with Gasteiger partial charge in [0.05, 0.1) is 0 Å². The van der Waals surface area contributed by atoms with E-state index in [2.05, 4.69) is 48.3 Å². The molecule has 0 radical (unpaired) electrons. The number of pyridine rings is 1. The van der Waals surface area contributed by atoms with Crippen molar-refractivity contribution >= 4 is 10.8 Å². The van der Waals surface area contributed by atoms with Crippen LogP contribution in [-0.4, -0.2) is 4.98 Å². The van der Waals surface area contributed by atoms with Crippen LogP contribution in [0.1, 0.15) is 5.56 Å². The summed E-state index contributed by atoms with van der Waals surface area (Å²) in [5, 5.41) is 2.24. The first kappa shape index (κ1) is 14.5. The number of rotatable bonds is 3. The molecule has 0 bridgehead atoms. The summed E-state index contributed by atoms with van der Waals surface area (Å²) < 4.78 is 5.83. The van der Waals surface area contributed by atoms with Crippen LogP contribution in [0.3, 0.4) is 0 Å². The molecule has 0 atom stereocenters. The molecule has 4 aromatic rings. The maximum absolute atomic E-state index is 5.83. The minimum Gasteiger partial charge on any atom is -0.439 e. The second kappa shape index (κ2) is 6.17. The molecule has 0 amide bonds. The van der Waals surface area contributed by atoms with E-state index in [9.17, 15) is 0 Å². The van der Waals surface area contributed by atoms with Crippen LogP contribution < -0.4 is 4.74 Å². The van der Waals surface area contributed by atoms with Crippen molar-refractivity contribution in [2.24, 2.45) is 0 Å². The van der Waals surface area contributed by atoms with Crippen molar-refractivity contribution in [1.29, 1.82) is 0 Å². The van der Waals surface area contributed by atoms with Gasteiger partial charge in [0.2, 0.25) is 5.88 Å². The lowest BCUT2D eigenvalue weighted by atomic mass is 9.97. The molecule has 0 unspecified atom stereocenters. The molecule has 0 fully saturated rings. The van der Waals surface area contributed by atoms with E-state index in [0.29, 0.717) is 5.88 Å². The van der Waals surface area contributed by atoms with E-state index in [1.54, 1.807) is 0 Å². The van der Waals surface area contributed by atoms with Crippen molar-refractivity contribution in [3.8, 4) is 22.8 Å². The number of ether oxygens (including phenoxy) is 1. The Kier molecular flexibility index (Phi) is 3.72. The van der Waals surface area contributed by atoms with Crippen molar-refractivity contribution in [3.63, 3.8) is 0 Å². The Labute approximate surface area is 141 Å². The molecule has 4 rings (SSSR count). The van der Waals surface area contributed by atoms with Crippen LogP contribution in [0.4, 0.5) is 0 Å². The maximum Gasteiger partial charge on any atom is 0.219 e. The summed E-state index contributed by atoms with van der Waals surface area (Å²) in [4.78, 5) is 4.44. The lowest BCUT2D eigenvalue weighted by molar-refractivity contribution is 0.464. The number of fused-ring (bicyclic) bond motifs is 1. The molecular formula is C22H17NO. The third kappa shape index (κ3) is 2.86. The number of hydrogen-bond donors (Lipinski definition) is 0. The van der Waals surface area contributed by atoms with Crippen LogP contribution in [0, 0.1) is 6.92 Å². The largest absolute Gasteiger partial charge is 0.439 e. The third-order valence-corrected chi connectivity index (χ3v) is 4.09. The summed E-state index contributed by atoms with van der Waals surface area (Å²) in [7, 11) is 0. The van der Waals surface area contributed by atoms with Crippen molar-refractivity contribution in [1.82, 2.24) is 4.98 Å². The Balaban J connectivity index is 1.74. The number of hydrogen-bond acceptors (Lipinski definition) is 2. The standard InChI is InChI=1S/C22H17NO/c1-16-12-18-14-22(24-20-10-6-3-7-11-20)23-15-19(18)13-21(16)17-8-4-2-5-9-17/h2-15H,1H3. The van der Waals surface area contributed by atoms with Gasteiger partial charge in [-0.3, -0.25) is 0 Å². The van der Waals surface area contributed by atoms with E-state index in [0.717, 1.165) is 16.5 Å². The SMILES string of the molecule is Cc1cc2cc(Oc3ccccc3)ncc2cc1-c1ccccc1. The second-order valence-corrected chi connectivity index (χ2v) is 5.82. The highest BCUT2D eigenvalue weighted by Gasteiger charge is 2.06. The molecule has 2 heteroatoms. The van der Waals surface area contributed by atoms with Crippen LogP contribution in [0.5, 0.6) is 11.6 Å². The first-order chi connectivity index (χ1) is 11.8. The fraction of sp³-hybridized carbons (Fsp3) is 0.0455. The van der Waals surface area contributed by atoms with E-state index < -0.39 is 0 Å². The summed E-state index contributed by atoms with van der Waals surface area (Å²) in [5.41, 5.74) is 3.70. The lowest BCUT2D eigenvalue weighted by Gasteiger charge is -2.10. The van der Waals surface area contributed by atoms with Gasteiger partial charge in [-0.05, 0) is 47.2 Å². The highest BCUT2D eigenvalue weighted by molar-refractivity contribution is 5.89. The fourth-order valence-corrected chi connectivity index (χ4v) is 2.88. The summed E-state index contributed by atoms with van der Waals surface area (Å²) in [6.07, 6.45) is 1.87. The maximum atomic E-state index is 5.83. The average Bonchev–Trinajstić information content (AvgIpc) is 2.63. The zero-order chi connectivity index (χ0) is 16.4. The summed E-state index contributed by atoms with van der Waals surface area (Å²) >= 11 is 0. The van der Waals surface area contributed by atoms with E-state index in [1.165, 1.54) is 16.7 Å². The Hall–Kier alpha value is -3.13. The topological polar surface area (TPSA) is 22.1 Å². The minimum absolute atomic E-state index is 0.612. The molecule has 0 spiro atoms. The number of nitrogens with zero attached hydrogens (tertiary/aromatic N) is 1. The van der Waals surface area contributed by atoms with Crippen LogP contribution in [0.2, 0.25) is 0 Å². The lowest BCUT2D eigenvalue weighted by Crippen LogP contribution is -1.89. The first-order valence-corrected chi connectivity index (χ1v) is 7.98. The predicted molar refractivity (Wildman–Crippen MR) is 98.4 cm³/mol. The molecule has 0 N–H and O–H groups in total. The Morgan fingerprint density at radius 1 is 0.750 bits per heavy atom. The van der Waals surface area contributed by atoms with Crippen LogP contribution in [-0.2, 0) is 0 Å². The molecule has 0 saturated carbocycles. The predicted octanol–water partition coefficient (Wildman–Crippen LogP) is 6.00. The molecule has 0 saturated heterocycles. The van der Waals surface area contributed by atoms with Gasteiger partial charge in [0, 0.05) is 17.6 Å². The molecule has 0 aliphatic heterocycles. The van der Waals surface area contributed by atoms with Crippen molar-refractivity contribution in [2.45, 2.75) is 6.92 Å². The van der Waals surface area contributed by atoms with Gasteiger partial charge in [-0.2, -0.15) is 0 Å². The first-order valence-electron chi connectivity index (χ1n) is 7.98. The van der Waals surface area contributed by atoms with Gasteiger partial charge in [-0.15, -0.1) is 0 Å². The minimum atomic E-state index is 0.612. The monoisotopic (exact) mass is 311 g/mol. The number of aromatic nitrogens is 1. The van der Waals surface area contributed by atoms with Gasteiger partial charge in [-0.25, -0.2) is 4.98 Å². The van der Waals surface area contributed by atoms with Crippen molar-refractivity contribution < 1.29 is 4.74 Å². The van der Waals surface area contributed by atoms with Gasteiger partial charge in [0.1, 0.15) is 5.75 Å². The zero-order valence-electron chi connectivity index (χ0n) is 13.4. The Morgan fingerprint density at radius 3 is 2.21 bits per heavy atom. The molecule has 1 heterocycles. The average molecular weight is 311 g/mol. The summed E-state index contributed by atoms with van der Waals surface area (Å²) in [6.45, 7) is 2.14. The molecule has 116 valence electrons. The highest BCUT2D eigenvalue weighted by atomic mass is 16.5. The molecule has 0 aliphatic rings. The van der Waals surface area contributed by atoms with Crippen molar-refractivity contribution in [3.05, 3.63) is 90.6 Å². The summed E-state index contributed by atoms with van der Waals surface area (Å²) in [5.74, 6) is 1.41. The normalized spacial score (nSPS) is 10.7. The Bertz CT molecular complexity index is 979. The van der Waals surface area contributed by atoms with E-state index in [1.807, 2.05) is 48.7 Å².